The van der Waals surface area contributed by atoms with Crippen LogP contribution in [0.4, 0.5) is 0 Å². The molecule has 0 unspecified atom stereocenters. The average molecular weight is 765 g/mol. The molecule has 2 aliphatic rings. The van der Waals surface area contributed by atoms with Crippen molar-refractivity contribution in [2.24, 2.45) is 0 Å². The summed E-state index contributed by atoms with van der Waals surface area (Å²) in [6, 6.07) is 48.4. The molecule has 0 fully saturated rings. The number of fused-ring (bicyclic) bond motifs is 10. The van der Waals surface area contributed by atoms with Crippen LogP contribution < -0.4 is 0 Å². The van der Waals surface area contributed by atoms with Gasteiger partial charge in [-0.05, 0) is 95.2 Å². The molecule has 2 aliphatic carbocycles. The Bertz CT molecular complexity index is 3390. The van der Waals surface area contributed by atoms with E-state index in [1.807, 2.05) is 30.3 Å². The Morgan fingerprint density at radius 2 is 1.29 bits per heavy atom. The summed E-state index contributed by atoms with van der Waals surface area (Å²) in [5, 5.41) is 5.55. The van der Waals surface area contributed by atoms with E-state index in [0.717, 1.165) is 51.6 Å². The van der Waals surface area contributed by atoms with Crippen molar-refractivity contribution in [2.75, 3.05) is 0 Å². The smallest absolute Gasteiger partial charge is 0.233 e. The molecule has 0 radical (unpaired) electrons. The van der Waals surface area contributed by atoms with E-state index in [9.17, 15) is 0 Å². The zero-order valence-corrected chi connectivity index (χ0v) is 33.9. The summed E-state index contributed by atoms with van der Waals surface area (Å²) in [4.78, 5) is 10.5. The molecule has 4 aromatic heterocycles. The number of benzene rings is 6. The van der Waals surface area contributed by atoms with Crippen molar-refractivity contribution in [2.45, 2.75) is 64.2 Å². The van der Waals surface area contributed by atoms with Crippen LogP contribution in [0.15, 0.2) is 144 Å². The highest BCUT2D eigenvalue weighted by molar-refractivity contribution is 6.17. The van der Waals surface area contributed by atoms with Crippen LogP contribution in [0.3, 0.4) is 0 Å². The van der Waals surface area contributed by atoms with Gasteiger partial charge in [0.2, 0.25) is 5.71 Å². The van der Waals surface area contributed by atoms with Crippen LogP contribution >= 0.6 is 0 Å². The molecule has 59 heavy (non-hydrogen) atoms. The fraction of sp³-hybridized carbons (Fsp3) is 0.185. The van der Waals surface area contributed by atoms with Crippen LogP contribution in [0.2, 0.25) is 0 Å². The first-order chi connectivity index (χ1) is 28.7. The van der Waals surface area contributed by atoms with Crippen LogP contribution in [0.5, 0.6) is 0 Å². The minimum Gasteiger partial charge on any atom is -0.437 e. The van der Waals surface area contributed by atoms with Crippen LogP contribution in [0.1, 0.15) is 69.3 Å². The maximum absolute atomic E-state index is 6.50. The zero-order chi connectivity index (χ0) is 39.6. The largest absolute Gasteiger partial charge is 0.437 e. The van der Waals surface area contributed by atoms with Crippen molar-refractivity contribution < 1.29 is 4.42 Å². The fourth-order valence-corrected chi connectivity index (χ4v) is 10.3. The molecule has 5 nitrogen and oxygen atoms in total. The van der Waals surface area contributed by atoms with E-state index >= 15 is 0 Å². The lowest BCUT2D eigenvalue weighted by Crippen LogP contribution is -2.33. The first-order valence-electron chi connectivity index (χ1n) is 21.0. The van der Waals surface area contributed by atoms with Gasteiger partial charge >= 0.3 is 0 Å². The zero-order valence-electron chi connectivity index (χ0n) is 33.9. The van der Waals surface area contributed by atoms with Crippen LogP contribution in [0, 0.1) is 0 Å². The maximum atomic E-state index is 6.50. The average Bonchev–Trinajstić information content (AvgIpc) is 3.92. The fourth-order valence-electron chi connectivity index (χ4n) is 10.3. The summed E-state index contributed by atoms with van der Waals surface area (Å²) >= 11 is 0. The number of furan rings is 1. The van der Waals surface area contributed by atoms with Crippen molar-refractivity contribution in [1.82, 2.24) is 19.1 Å². The van der Waals surface area contributed by atoms with Gasteiger partial charge in [0.15, 0.2) is 11.6 Å². The van der Waals surface area contributed by atoms with Gasteiger partial charge in [0.1, 0.15) is 5.58 Å². The summed E-state index contributed by atoms with van der Waals surface area (Å²) in [6.45, 7) is 9.63. The normalized spacial score (nSPS) is 15.7. The molecule has 10 aromatic rings. The molecule has 0 amide bonds. The molecular weight excluding hydrogens is 721 g/mol. The van der Waals surface area contributed by atoms with Crippen molar-refractivity contribution in [3.63, 3.8) is 0 Å². The summed E-state index contributed by atoms with van der Waals surface area (Å²) in [6.07, 6.45) is 9.08. The number of para-hydroxylation sites is 2. The number of rotatable bonds is 4. The van der Waals surface area contributed by atoms with E-state index in [4.69, 9.17) is 14.4 Å². The lowest BCUT2D eigenvalue weighted by molar-refractivity contribution is 0.332. The minimum atomic E-state index is 0.143. The molecule has 286 valence electrons. The molecular formula is C54H44N4O. The van der Waals surface area contributed by atoms with E-state index in [-0.39, 0.29) is 10.8 Å². The number of hydrogen-bond acceptors (Lipinski definition) is 3. The van der Waals surface area contributed by atoms with Gasteiger partial charge in [-0.3, -0.25) is 4.57 Å². The van der Waals surface area contributed by atoms with Gasteiger partial charge < -0.3 is 8.98 Å². The molecule has 0 bridgehead atoms. The Kier molecular flexibility index (Phi) is 7.21. The summed E-state index contributed by atoms with van der Waals surface area (Å²) in [5.74, 6) is 1.45. The molecule has 0 spiro atoms. The van der Waals surface area contributed by atoms with Crippen molar-refractivity contribution in [3.05, 3.63) is 162 Å². The predicted molar refractivity (Wildman–Crippen MR) is 244 cm³/mol. The molecule has 0 aliphatic heterocycles. The minimum absolute atomic E-state index is 0.143. The number of nitrogens with zero attached hydrogens (tertiary/aromatic N) is 4. The quantitative estimate of drug-likeness (QED) is 0.179. The second-order valence-corrected chi connectivity index (χ2v) is 18.0. The molecule has 0 saturated carbocycles. The van der Waals surface area contributed by atoms with Crippen LogP contribution in [-0.4, -0.2) is 19.1 Å². The Balaban J connectivity index is 1.13. The number of allylic oxidation sites excluding steroid dienone is 1. The molecule has 0 saturated heterocycles. The lowest BCUT2D eigenvalue weighted by atomic mass is 9.63. The van der Waals surface area contributed by atoms with E-state index in [2.05, 4.69) is 152 Å². The monoisotopic (exact) mass is 764 g/mol. The highest BCUT2D eigenvalue weighted by Gasteiger charge is 2.37. The number of hydrogen-bond donors (Lipinski definition) is 0. The molecule has 0 atom stereocenters. The first-order valence-corrected chi connectivity index (χ1v) is 21.0. The molecule has 12 rings (SSSR count). The Morgan fingerprint density at radius 1 is 0.559 bits per heavy atom. The number of aromatic nitrogens is 4. The second-order valence-electron chi connectivity index (χ2n) is 18.0. The lowest BCUT2D eigenvalue weighted by Gasteiger charge is -2.42. The molecule has 5 heteroatoms. The highest BCUT2D eigenvalue weighted by atomic mass is 16.3. The van der Waals surface area contributed by atoms with E-state index in [1.165, 1.54) is 73.7 Å². The summed E-state index contributed by atoms with van der Waals surface area (Å²) in [7, 11) is 0. The van der Waals surface area contributed by atoms with E-state index in [1.54, 1.807) is 0 Å². The van der Waals surface area contributed by atoms with Gasteiger partial charge in [-0.25, -0.2) is 4.98 Å². The predicted octanol–water partition coefficient (Wildman–Crippen LogP) is 14.1. The third-order valence-electron chi connectivity index (χ3n) is 13.5. The third-order valence-corrected chi connectivity index (χ3v) is 13.5. The van der Waals surface area contributed by atoms with Crippen molar-refractivity contribution in [1.29, 1.82) is 0 Å². The topological polar surface area (TPSA) is 48.8 Å². The van der Waals surface area contributed by atoms with Crippen molar-refractivity contribution >= 4 is 60.9 Å². The maximum Gasteiger partial charge on any atom is 0.233 e. The van der Waals surface area contributed by atoms with Crippen molar-refractivity contribution in [3.8, 4) is 34.0 Å². The second kappa shape index (κ2) is 12.4. The first kappa shape index (κ1) is 34.3. The summed E-state index contributed by atoms with van der Waals surface area (Å²) in [5.41, 5.74) is 15.4. The standard InChI is InChI=1S/C54H44N4O/c1-53(2)27-28-54(3,4)43-30-35(25-26-42(43)53)34-17-14-18-36(29-34)57-44-22-11-8-19-37(44)40-31-41-38-20-9-12-23-45(38)58(47(41)32-46(40)57)51-49-39-21-10-13-24-48(39)59-52(49)56-50(55-51)33-15-6-5-7-16-33/h5-10,12-21,23-26,29-32H,11,22,27-28H2,1-4H3. The Labute approximate surface area is 343 Å². The van der Waals surface area contributed by atoms with Gasteiger partial charge in [0.25, 0.3) is 0 Å². The van der Waals surface area contributed by atoms with Gasteiger partial charge in [-0.2, -0.15) is 4.98 Å². The SMILES string of the molecule is CC1(C)CCC(C)(C)c2cc(-c3cccc(-n4c5c(c6cc7c8ccccc8n(-c8nc(-c9ccccc9)nc9oc%10ccccc%10c89)c7cc64)C=CCC5)c3)ccc21. The van der Waals surface area contributed by atoms with Gasteiger partial charge in [-0.15, -0.1) is 0 Å². The van der Waals surface area contributed by atoms with Gasteiger partial charge in [-0.1, -0.05) is 137 Å². The van der Waals surface area contributed by atoms with Crippen LogP contribution in [-0.2, 0) is 17.3 Å². The van der Waals surface area contributed by atoms with Gasteiger partial charge in [0.05, 0.1) is 21.9 Å². The Morgan fingerprint density at radius 3 is 2.15 bits per heavy atom. The molecule has 0 N–H and O–H groups in total. The summed E-state index contributed by atoms with van der Waals surface area (Å²) < 4.78 is 11.4. The molecule has 4 heterocycles. The van der Waals surface area contributed by atoms with E-state index < -0.39 is 0 Å². The third kappa shape index (κ3) is 5.10. The van der Waals surface area contributed by atoms with E-state index in [0.29, 0.717) is 11.5 Å². The van der Waals surface area contributed by atoms with Crippen LogP contribution in [0.25, 0.3) is 94.9 Å². The van der Waals surface area contributed by atoms with Gasteiger partial charge in [0, 0.05) is 44.1 Å². The molecule has 6 aromatic carbocycles. The highest BCUT2D eigenvalue weighted by Crippen LogP contribution is 2.48. The Hall–Kier alpha value is -6.72.